The zero-order chi connectivity index (χ0) is 21.3. The zero-order valence-corrected chi connectivity index (χ0v) is 17.7. The minimum Gasteiger partial charge on any atom is -0.360 e. The number of rotatable bonds is 8. The minimum atomic E-state index is -0.893. The Balaban J connectivity index is 1.86. The monoisotopic (exact) mass is 400 g/mol. The van der Waals surface area contributed by atoms with Gasteiger partial charge in [0.25, 0.3) is 5.91 Å². The summed E-state index contributed by atoms with van der Waals surface area (Å²) in [7, 11) is 0. The lowest BCUT2D eigenvalue weighted by Crippen LogP contribution is -2.47. The standard InChI is InChI=1S/C21H28N4O4/c1-6-8-21(9-7-2)19(27)24(20(28)22-21)12-17(26)16-10-13(3)25(15(16)5)18-11-14(4)29-23-18/h10-11H,6-9,12H2,1-5H3,(H,22,28). The SMILES string of the molecule is CCCC1(CCC)NC(=O)N(CC(=O)c2cc(C)n(-c3cc(C)on3)c2C)C1=O. The number of Topliss-reactive ketones (excluding diaryl/α,β-unsaturated/α-hetero) is 1. The van der Waals surface area contributed by atoms with Crippen LogP contribution in [0.25, 0.3) is 5.82 Å². The van der Waals surface area contributed by atoms with E-state index in [1.807, 2.05) is 32.3 Å². The van der Waals surface area contributed by atoms with Gasteiger partial charge in [-0.3, -0.25) is 19.1 Å². The van der Waals surface area contributed by atoms with Crippen molar-refractivity contribution in [2.75, 3.05) is 6.54 Å². The molecule has 1 fully saturated rings. The van der Waals surface area contributed by atoms with Crippen LogP contribution in [0.2, 0.25) is 0 Å². The molecule has 0 aromatic carbocycles. The number of nitrogens with one attached hydrogen (secondary N) is 1. The number of nitrogens with zero attached hydrogens (tertiary/aromatic N) is 3. The summed E-state index contributed by atoms with van der Waals surface area (Å²) in [5.74, 6) is 0.677. The fraction of sp³-hybridized carbons (Fsp3) is 0.524. The van der Waals surface area contributed by atoms with Gasteiger partial charge in [-0.2, -0.15) is 0 Å². The van der Waals surface area contributed by atoms with E-state index in [4.69, 9.17) is 4.52 Å². The molecule has 0 atom stereocenters. The number of carbonyl (C=O) groups is 3. The van der Waals surface area contributed by atoms with Gasteiger partial charge in [0, 0.05) is 23.0 Å². The third kappa shape index (κ3) is 3.59. The fourth-order valence-electron chi connectivity index (χ4n) is 4.22. The van der Waals surface area contributed by atoms with Gasteiger partial charge < -0.3 is 9.84 Å². The van der Waals surface area contributed by atoms with Crippen molar-refractivity contribution in [3.05, 3.63) is 34.8 Å². The third-order valence-corrected chi connectivity index (χ3v) is 5.48. The van der Waals surface area contributed by atoms with Crippen LogP contribution in [0.3, 0.4) is 0 Å². The molecular weight excluding hydrogens is 372 g/mol. The molecule has 0 unspecified atom stereocenters. The van der Waals surface area contributed by atoms with Crippen molar-refractivity contribution in [1.29, 1.82) is 0 Å². The van der Waals surface area contributed by atoms with Crippen molar-refractivity contribution in [2.24, 2.45) is 0 Å². The molecule has 3 amide bonds. The highest BCUT2D eigenvalue weighted by molar-refractivity contribution is 6.11. The van der Waals surface area contributed by atoms with Gasteiger partial charge in [-0.15, -0.1) is 0 Å². The van der Waals surface area contributed by atoms with Crippen LogP contribution in [0.1, 0.15) is 67.0 Å². The van der Waals surface area contributed by atoms with Gasteiger partial charge in [-0.25, -0.2) is 4.79 Å². The van der Waals surface area contributed by atoms with Crippen LogP contribution >= 0.6 is 0 Å². The molecule has 0 saturated carbocycles. The largest absolute Gasteiger partial charge is 0.360 e. The van der Waals surface area contributed by atoms with Gasteiger partial charge in [-0.1, -0.05) is 31.8 Å². The van der Waals surface area contributed by atoms with Gasteiger partial charge in [0.1, 0.15) is 11.3 Å². The third-order valence-electron chi connectivity index (χ3n) is 5.48. The van der Waals surface area contributed by atoms with E-state index in [0.29, 0.717) is 35.7 Å². The molecule has 8 heteroatoms. The quantitative estimate of drug-likeness (QED) is 0.540. The summed E-state index contributed by atoms with van der Waals surface area (Å²) in [6.07, 6.45) is 2.67. The number of amides is 3. The van der Waals surface area contributed by atoms with Crippen LogP contribution in [0.5, 0.6) is 0 Å². The van der Waals surface area contributed by atoms with Crippen LogP contribution in [0, 0.1) is 20.8 Å². The highest BCUT2D eigenvalue weighted by atomic mass is 16.5. The highest BCUT2D eigenvalue weighted by Crippen LogP contribution is 2.29. The molecule has 3 heterocycles. The first-order valence-electron chi connectivity index (χ1n) is 10.0. The van der Waals surface area contributed by atoms with Crippen LogP contribution in [0.15, 0.2) is 16.7 Å². The second kappa shape index (κ2) is 7.85. The molecule has 156 valence electrons. The van der Waals surface area contributed by atoms with Crippen molar-refractivity contribution >= 4 is 17.7 Å². The van der Waals surface area contributed by atoms with Crippen molar-refractivity contribution < 1.29 is 18.9 Å². The molecule has 3 rings (SSSR count). The van der Waals surface area contributed by atoms with Crippen LogP contribution < -0.4 is 5.32 Å². The Morgan fingerprint density at radius 1 is 1.14 bits per heavy atom. The molecule has 1 aliphatic heterocycles. The second-order valence-electron chi connectivity index (χ2n) is 7.74. The van der Waals surface area contributed by atoms with E-state index in [0.717, 1.165) is 23.4 Å². The predicted octanol–water partition coefficient (Wildman–Crippen LogP) is 3.46. The van der Waals surface area contributed by atoms with Gasteiger partial charge in [0.15, 0.2) is 11.6 Å². The van der Waals surface area contributed by atoms with Crippen molar-refractivity contribution in [3.63, 3.8) is 0 Å². The molecular formula is C21H28N4O4. The van der Waals surface area contributed by atoms with E-state index < -0.39 is 11.6 Å². The summed E-state index contributed by atoms with van der Waals surface area (Å²) in [6.45, 7) is 9.16. The van der Waals surface area contributed by atoms with E-state index in [1.54, 1.807) is 19.1 Å². The average Bonchev–Trinajstić information content (AvgIpc) is 3.27. The summed E-state index contributed by atoms with van der Waals surface area (Å²) in [4.78, 5) is 39.6. The Labute approximate surface area is 170 Å². The van der Waals surface area contributed by atoms with Crippen LogP contribution in [-0.2, 0) is 4.79 Å². The lowest BCUT2D eigenvalue weighted by atomic mass is 9.88. The maximum atomic E-state index is 13.0. The van der Waals surface area contributed by atoms with E-state index in [1.165, 1.54) is 0 Å². The second-order valence-corrected chi connectivity index (χ2v) is 7.74. The van der Waals surface area contributed by atoms with E-state index in [9.17, 15) is 14.4 Å². The Morgan fingerprint density at radius 2 is 1.79 bits per heavy atom. The number of aromatic nitrogens is 2. The van der Waals surface area contributed by atoms with E-state index >= 15 is 0 Å². The number of urea groups is 1. The number of ketones is 1. The van der Waals surface area contributed by atoms with Gasteiger partial charge >= 0.3 is 6.03 Å². The fourth-order valence-corrected chi connectivity index (χ4v) is 4.22. The summed E-state index contributed by atoms with van der Waals surface area (Å²) >= 11 is 0. The first-order chi connectivity index (χ1) is 13.7. The topological polar surface area (TPSA) is 97.4 Å². The molecule has 0 bridgehead atoms. The average molecular weight is 400 g/mol. The summed E-state index contributed by atoms with van der Waals surface area (Å²) in [5, 5.41) is 6.86. The molecule has 2 aromatic heterocycles. The first-order valence-corrected chi connectivity index (χ1v) is 10.0. The predicted molar refractivity (Wildman–Crippen MR) is 107 cm³/mol. The molecule has 1 saturated heterocycles. The summed E-state index contributed by atoms with van der Waals surface area (Å²) in [5.41, 5.74) is 1.09. The van der Waals surface area contributed by atoms with E-state index in [-0.39, 0.29) is 18.2 Å². The van der Waals surface area contributed by atoms with Crippen LogP contribution in [-0.4, -0.2) is 44.4 Å². The van der Waals surface area contributed by atoms with Crippen molar-refractivity contribution in [2.45, 2.75) is 65.8 Å². The molecule has 0 spiro atoms. The smallest absolute Gasteiger partial charge is 0.325 e. The Morgan fingerprint density at radius 3 is 2.34 bits per heavy atom. The number of aryl methyl sites for hydroxylation is 2. The highest BCUT2D eigenvalue weighted by Gasteiger charge is 2.50. The Hall–Kier alpha value is -2.90. The Kier molecular flexibility index (Phi) is 5.64. The first kappa shape index (κ1) is 20.8. The van der Waals surface area contributed by atoms with Gasteiger partial charge in [0.05, 0.1) is 6.54 Å². The molecule has 0 radical (unpaired) electrons. The Bertz CT molecular complexity index is 950. The van der Waals surface area contributed by atoms with Crippen LogP contribution in [0.4, 0.5) is 4.79 Å². The normalized spacial score (nSPS) is 15.8. The number of hydrogen-bond acceptors (Lipinski definition) is 5. The molecule has 8 nitrogen and oxygen atoms in total. The molecule has 29 heavy (non-hydrogen) atoms. The molecule has 2 aromatic rings. The lowest BCUT2D eigenvalue weighted by molar-refractivity contribution is -0.131. The van der Waals surface area contributed by atoms with Crippen molar-refractivity contribution in [3.8, 4) is 5.82 Å². The van der Waals surface area contributed by atoms with Crippen molar-refractivity contribution in [1.82, 2.24) is 19.9 Å². The molecule has 0 aliphatic carbocycles. The number of carbonyl (C=O) groups excluding carboxylic acids is 3. The maximum Gasteiger partial charge on any atom is 0.325 e. The summed E-state index contributed by atoms with van der Waals surface area (Å²) < 4.78 is 6.97. The van der Waals surface area contributed by atoms with Gasteiger partial charge in [0.2, 0.25) is 0 Å². The van der Waals surface area contributed by atoms with E-state index in [2.05, 4.69) is 10.5 Å². The summed E-state index contributed by atoms with van der Waals surface area (Å²) in [6, 6.07) is 3.05. The molecule has 1 aliphatic rings. The minimum absolute atomic E-state index is 0.276. The molecule has 1 N–H and O–H groups in total. The maximum absolute atomic E-state index is 13.0. The van der Waals surface area contributed by atoms with Gasteiger partial charge in [-0.05, 0) is 39.7 Å². The number of hydrogen-bond donors (Lipinski definition) is 1. The zero-order valence-electron chi connectivity index (χ0n) is 17.7. The number of imide groups is 1. The lowest BCUT2D eigenvalue weighted by Gasteiger charge is -2.25.